The van der Waals surface area contributed by atoms with Crippen LogP contribution in [0.2, 0.25) is 0 Å². The molecule has 0 radical (unpaired) electrons. The van der Waals surface area contributed by atoms with Crippen LogP contribution in [-0.2, 0) is 10.4 Å². The molecule has 0 aromatic carbocycles. The van der Waals surface area contributed by atoms with Crippen LogP contribution in [0.25, 0.3) is 0 Å². The van der Waals surface area contributed by atoms with E-state index in [9.17, 15) is 0 Å². The Hall–Kier alpha value is 0.350. The fourth-order valence-electron chi connectivity index (χ4n) is 0.220. The first-order valence-electron chi connectivity index (χ1n) is 3.92. The van der Waals surface area contributed by atoms with Crippen molar-refractivity contribution in [2.45, 2.75) is 0 Å². The maximum atomic E-state index is 8.74. The molecule has 6 nitrogen and oxygen atoms in total. The van der Waals surface area contributed by atoms with Crippen LogP contribution in [0.4, 0.5) is 0 Å². The molecule has 0 aliphatic carbocycles. The van der Waals surface area contributed by atoms with Crippen LogP contribution in [-0.4, -0.2) is 64.2 Å². The minimum absolute atomic E-state index is 0.837. The molecule has 0 atom stereocenters. The van der Waals surface area contributed by atoms with E-state index in [1.54, 1.807) is 0 Å². The Morgan fingerprint density at radius 1 is 0.941 bits per heavy atom. The van der Waals surface area contributed by atoms with Gasteiger partial charge >= 0.3 is 10.4 Å². The lowest BCUT2D eigenvalue weighted by molar-refractivity contribution is 0.381. The predicted molar refractivity (Wildman–Crippen MR) is 81.9 cm³/mol. The lowest BCUT2D eigenvalue weighted by Gasteiger charge is -2.15. The zero-order valence-corrected chi connectivity index (χ0v) is 13.7. The average Bonchev–Trinajstić information content (AvgIpc) is 2.10. The number of rotatable bonds is 0. The molecule has 102 valence electrons. The minimum Gasteiger partial charge on any atom is -0.363 e. The van der Waals surface area contributed by atoms with Gasteiger partial charge in [-0.1, -0.05) is 24.4 Å². The van der Waals surface area contributed by atoms with E-state index in [0.29, 0.717) is 0 Å². The molecule has 0 saturated carbocycles. The van der Waals surface area contributed by atoms with Crippen molar-refractivity contribution >= 4 is 65.1 Å². The summed E-state index contributed by atoms with van der Waals surface area (Å²) in [5.41, 5.74) is 0. The van der Waals surface area contributed by atoms with Gasteiger partial charge in [0.1, 0.15) is 8.64 Å². The lowest BCUT2D eigenvalue weighted by atomic mass is 11.0. The molecule has 11 heteroatoms. The van der Waals surface area contributed by atoms with Gasteiger partial charge in [0.25, 0.3) is 0 Å². The summed E-state index contributed by atoms with van der Waals surface area (Å²) >= 11 is 10.1. The van der Waals surface area contributed by atoms with E-state index < -0.39 is 10.4 Å². The van der Waals surface area contributed by atoms with Crippen molar-refractivity contribution in [1.29, 1.82) is 0 Å². The summed E-state index contributed by atoms with van der Waals surface area (Å²) in [4.78, 5) is 3.79. The smallest absolute Gasteiger partial charge is 0.363 e. The summed E-state index contributed by atoms with van der Waals surface area (Å²) in [6.45, 7) is 0. The van der Waals surface area contributed by atoms with Gasteiger partial charge in [0.05, 0.1) is 0 Å². The van der Waals surface area contributed by atoms with Crippen molar-refractivity contribution in [3.63, 3.8) is 0 Å². The van der Waals surface area contributed by atoms with Crippen molar-refractivity contribution in [2.24, 2.45) is 0 Å². The van der Waals surface area contributed by atoms with Crippen LogP contribution in [0, 0.1) is 0 Å². The fraction of sp³-hybridized carbons (Fsp3) is 0.667. The average molecular weight is 339 g/mol. The molecule has 0 aliphatic heterocycles. The standard InChI is InChI=1S/C6H12N2S4.H2O4S/c1-7(2)5(9)11-12-6(10)8(3)4;1-5(2,3)4/h1-4H3;(H2,1,2,3,4). The summed E-state index contributed by atoms with van der Waals surface area (Å²) in [6.07, 6.45) is 0. The maximum Gasteiger partial charge on any atom is 0.394 e. The third kappa shape index (κ3) is 18.9. The Morgan fingerprint density at radius 2 is 1.12 bits per heavy atom. The molecule has 0 aromatic rings. The first-order chi connectivity index (χ1) is 7.45. The number of hydrogen-bond donors (Lipinski definition) is 2. The Kier molecular flexibility index (Phi) is 10.8. The third-order valence-corrected chi connectivity index (χ3v) is 5.07. The molecule has 0 rings (SSSR count). The molecular weight excluding hydrogens is 324 g/mol. The largest absolute Gasteiger partial charge is 0.394 e. The van der Waals surface area contributed by atoms with E-state index in [1.165, 1.54) is 21.6 Å². The van der Waals surface area contributed by atoms with E-state index in [0.717, 1.165) is 8.64 Å². The minimum atomic E-state index is -4.67. The molecule has 0 saturated heterocycles. The second kappa shape index (κ2) is 9.30. The Bertz CT molecular complexity index is 325. The Balaban J connectivity index is 0. The van der Waals surface area contributed by atoms with Gasteiger partial charge in [-0.3, -0.25) is 9.11 Å². The highest BCUT2D eigenvalue weighted by Crippen LogP contribution is 2.26. The zero-order chi connectivity index (χ0) is 14.2. The van der Waals surface area contributed by atoms with Crippen LogP contribution in [0.3, 0.4) is 0 Å². The highest BCUT2D eigenvalue weighted by Gasteiger charge is 2.04. The molecule has 2 N–H and O–H groups in total. The normalized spacial score (nSPS) is 10.0. The number of nitrogens with zero attached hydrogens (tertiary/aromatic N) is 2. The molecule has 0 unspecified atom stereocenters. The molecule has 0 fully saturated rings. The first kappa shape index (κ1) is 19.7. The molecule has 0 spiro atoms. The van der Waals surface area contributed by atoms with Crippen LogP contribution < -0.4 is 0 Å². The Labute approximate surface area is 120 Å². The molecule has 0 amide bonds. The topological polar surface area (TPSA) is 81.1 Å². The monoisotopic (exact) mass is 338 g/mol. The van der Waals surface area contributed by atoms with Gasteiger partial charge in [0.15, 0.2) is 0 Å². The van der Waals surface area contributed by atoms with Gasteiger partial charge in [-0.2, -0.15) is 8.42 Å². The van der Waals surface area contributed by atoms with Gasteiger partial charge in [0, 0.05) is 28.2 Å². The van der Waals surface area contributed by atoms with Crippen molar-refractivity contribution in [2.75, 3.05) is 28.2 Å². The molecular formula is C6H14N2O4S5. The molecule has 0 aromatic heterocycles. The highest BCUT2D eigenvalue weighted by molar-refractivity contribution is 8.89. The van der Waals surface area contributed by atoms with E-state index in [1.807, 2.05) is 38.0 Å². The molecule has 0 bridgehead atoms. The maximum absolute atomic E-state index is 8.74. The third-order valence-electron chi connectivity index (χ3n) is 0.915. The highest BCUT2D eigenvalue weighted by atomic mass is 33.1. The van der Waals surface area contributed by atoms with Crippen molar-refractivity contribution in [3.05, 3.63) is 0 Å². The fourth-order valence-corrected chi connectivity index (χ4v) is 2.60. The predicted octanol–water partition coefficient (Wildman–Crippen LogP) is 1.41. The van der Waals surface area contributed by atoms with Gasteiger partial charge in [-0.15, -0.1) is 0 Å². The van der Waals surface area contributed by atoms with Crippen molar-refractivity contribution in [1.82, 2.24) is 9.80 Å². The Morgan fingerprint density at radius 3 is 1.24 bits per heavy atom. The van der Waals surface area contributed by atoms with E-state index >= 15 is 0 Å². The summed E-state index contributed by atoms with van der Waals surface area (Å²) in [5.74, 6) is 0. The van der Waals surface area contributed by atoms with Gasteiger partial charge in [0.2, 0.25) is 0 Å². The second-order valence-electron chi connectivity index (χ2n) is 2.94. The quantitative estimate of drug-likeness (QED) is 0.384. The van der Waals surface area contributed by atoms with Crippen LogP contribution >= 0.6 is 46.0 Å². The van der Waals surface area contributed by atoms with Crippen LogP contribution in [0.15, 0.2) is 0 Å². The van der Waals surface area contributed by atoms with Crippen LogP contribution in [0.1, 0.15) is 0 Å². The zero-order valence-electron chi connectivity index (χ0n) is 9.65. The van der Waals surface area contributed by atoms with E-state index in [-0.39, 0.29) is 0 Å². The molecule has 0 heterocycles. The number of thiocarbonyl (C=S) groups is 2. The van der Waals surface area contributed by atoms with Crippen molar-refractivity contribution < 1.29 is 17.5 Å². The van der Waals surface area contributed by atoms with E-state index in [4.69, 9.17) is 42.0 Å². The lowest BCUT2D eigenvalue weighted by Crippen LogP contribution is -2.18. The van der Waals surface area contributed by atoms with Gasteiger partial charge in [-0.05, 0) is 21.6 Å². The van der Waals surface area contributed by atoms with Crippen LogP contribution in [0.5, 0.6) is 0 Å². The van der Waals surface area contributed by atoms with Crippen molar-refractivity contribution in [3.8, 4) is 0 Å². The summed E-state index contributed by atoms with van der Waals surface area (Å²) in [6, 6.07) is 0. The summed E-state index contributed by atoms with van der Waals surface area (Å²) in [7, 11) is 6.06. The van der Waals surface area contributed by atoms with Gasteiger partial charge in [-0.25, -0.2) is 0 Å². The van der Waals surface area contributed by atoms with E-state index in [2.05, 4.69) is 0 Å². The summed E-state index contributed by atoms with van der Waals surface area (Å²) in [5, 5.41) is 0. The van der Waals surface area contributed by atoms with Gasteiger partial charge < -0.3 is 9.80 Å². The molecule has 17 heavy (non-hydrogen) atoms. The summed E-state index contributed by atoms with van der Waals surface area (Å²) < 4.78 is 33.3. The second-order valence-corrected chi connectivity index (χ2v) is 7.23. The molecule has 0 aliphatic rings. The first-order valence-corrected chi connectivity index (χ1v) is 8.28. The number of hydrogen-bond acceptors (Lipinski definition) is 6. The SMILES string of the molecule is CN(C)C(=S)SSC(=S)N(C)C.O=S(=O)(O)O.